The van der Waals surface area contributed by atoms with Crippen LogP contribution >= 0.6 is 0 Å². The summed E-state index contributed by atoms with van der Waals surface area (Å²) in [4.78, 5) is 0. The lowest BCUT2D eigenvalue weighted by molar-refractivity contribution is -0.0584. The third-order valence-corrected chi connectivity index (χ3v) is 2.59. The van der Waals surface area contributed by atoms with E-state index in [0.717, 1.165) is 18.6 Å². The van der Waals surface area contributed by atoms with Crippen molar-refractivity contribution >= 4 is 0 Å². The van der Waals surface area contributed by atoms with E-state index in [4.69, 9.17) is 19.9 Å². The monoisotopic (exact) mass is 269 g/mol. The van der Waals surface area contributed by atoms with Gasteiger partial charge < -0.3 is 25.1 Å². The molecule has 0 aliphatic carbocycles. The Morgan fingerprint density at radius 2 is 1.84 bits per heavy atom. The van der Waals surface area contributed by atoms with E-state index in [1.807, 2.05) is 12.1 Å². The van der Waals surface area contributed by atoms with Crippen LogP contribution in [0.15, 0.2) is 24.3 Å². The van der Waals surface area contributed by atoms with Gasteiger partial charge in [0.25, 0.3) is 0 Å². The number of ether oxygens (including phenoxy) is 3. The molecule has 0 radical (unpaired) electrons. The van der Waals surface area contributed by atoms with Gasteiger partial charge in [-0.3, -0.25) is 0 Å². The fourth-order valence-corrected chi connectivity index (χ4v) is 1.49. The van der Waals surface area contributed by atoms with Crippen LogP contribution in [-0.4, -0.2) is 37.8 Å². The van der Waals surface area contributed by atoms with Crippen molar-refractivity contribution in [1.82, 2.24) is 0 Å². The van der Waals surface area contributed by atoms with E-state index in [9.17, 15) is 5.11 Å². The first-order chi connectivity index (χ1) is 9.19. The Bertz CT molecular complexity index is 342. The van der Waals surface area contributed by atoms with Crippen molar-refractivity contribution in [1.29, 1.82) is 0 Å². The van der Waals surface area contributed by atoms with Crippen LogP contribution in [0.1, 0.15) is 19.8 Å². The maximum absolute atomic E-state index is 9.29. The summed E-state index contributed by atoms with van der Waals surface area (Å²) < 4.78 is 16.3. The van der Waals surface area contributed by atoms with Crippen LogP contribution in [0.2, 0.25) is 0 Å². The van der Waals surface area contributed by atoms with Crippen LogP contribution < -0.4 is 15.2 Å². The Morgan fingerprint density at radius 3 is 2.37 bits per heavy atom. The zero-order valence-corrected chi connectivity index (χ0v) is 11.5. The molecule has 0 aliphatic rings. The van der Waals surface area contributed by atoms with E-state index in [1.54, 1.807) is 19.2 Å². The first-order valence-electron chi connectivity index (χ1n) is 6.50. The summed E-state index contributed by atoms with van der Waals surface area (Å²) in [6.45, 7) is 2.45. The quantitative estimate of drug-likeness (QED) is 0.665. The number of hydrogen-bond donors (Lipinski definition) is 2. The molecule has 0 aromatic heterocycles. The van der Waals surface area contributed by atoms with E-state index in [0.29, 0.717) is 5.75 Å². The predicted octanol–water partition coefficient (Wildman–Crippen LogP) is 1.54. The molecule has 0 fully saturated rings. The topological polar surface area (TPSA) is 73.9 Å². The summed E-state index contributed by atoms with van der Waals surface area (Å²) in [5, 5.41) is 9.29. The summed E-state index contributed by atoms with van der Waals surface area (Å²) in [7, 11) is 1.63. The Kier molecular flexibility index (Phi) is 7.25. The lowest BCUT2D eigenvalue weighted by Crippen LogP contribution is -2.26. The maximum Gasteiger partial charge on any atom is 0.199 e. The predicted molar refractivity (Wildman–Crippen MR) is 73.3 cm³/mol. The summed E-state index contributed by atoms with van der Waals surface area (Å²) in [6.07, 6.45) is 0.975. The second-order valence-corrected chi connectivity index (χ2v) is 4.24. The van der Waals surface area contributed by atoms with Crippen LogP contribution in [0.25, 0.3) is 0 Å². The molecule has 0 spiro atoms. The largest absolute Gasteiger partial charge is 0.491 e. The molecule has 0 bridgehead atoms. The Morgan fingerprint density at radius 1 is 1.21 bits per heavy atom. The van der Waals surface area contributed by atoms with Crippen molar-refractivity contribution in [3.63, 3.8) is 0 Å². The summed E-state index contributed by atoms with van der Waals surface area (Å²) in [6, 6.07) is 7.20. The number of hydrogen-bond acceptors (Lipinski definition) is 5. The molecule has 3 N–H and O–H groups in total. The molecule has 0 saturated carbocycles. The van der Waals surface area contributed by atoms with Gasteiger partial charge in [0.1, 0.15) is 24.2 Å². The normalized spacial score (nSPS) is 13.9. The average molecular weight is 269 g/mol. The third kappa shape index (κ3) is 5.92. The summed E-state index contributed by atoms with van der Waals surface area (Å²) >= 11 is 0. The van der Waals surface area contributed by atoms with Gasteiger partial charge in [0.05, 0.1) is 0 Å². The minimum absolute atomic E-state index is 0.188. The lowest BCUT2D eigenvalue weighted by atomic mass is 10.3. The zero-order chi connectivity index (χ0) is 14.1. The van der Waals surface area contributed by atoms with Crippen LogP contribution in [0, 0.1) is 0 Å². The SMILES string of the molecule is CCCC(OC)Oc1ccc(OCC(O)CN)cc1. The molecular weight excluding hydrogens is 246 g/mol. The van der Waals surface area contributed by atoms with Crippen LogP contribution in [0.4, 0.5) is 0 Å². The Hall–Kier alpha value is -1.30. The van der Waals surface area contributed by atoms with Gasteiger partial charge in [-0.2, -0.15) is 0 Å². The molecule has 0 heterocycles. The highest BCUT2D eigenvalue weighted by atomic mass is 16.7. The molecule has 2 atom stereocenters. The maximum atomic E-state index is 9.29. The van der Waals surface area contributed by atoms with E-state index in [2.05, 4.69) is 6.92 Å². The van der Waals surface area contributed by atoms with Gasteiger partial charge in [0, 0.05) is 20.1 Å². The molecule has 5 heteroatoms. The second kappa shape index (κ2) is 8.74. The van der Waals surface area contributed by atoms with Gasteiger partial charge in [-0.1, -0.05) is 13.3 Å². The lowest BCUT2D eigenvalue weighted by Gasteiger charge is -2.17. The smallest absolute Gasteiger partial charge is 0.199 e. The van der Waals surface area contributed by atoms with E-state index in [-0.39, 0.29) is 19.4 Å². The molecule has 0 saturated heterocycles. The highest BCUT2D eigenvalue weighted by molar-refractivity contribution is 5.31. The number of aliphatic hydroxyl groups excluding tert-OH is 1. The molecular formula is C14H23NO4. The van der Waals surface area contributed by atoms with Crippen LogP contribution in [-0.2, 0) is 4.74 Å². The van der Waals surface area contributed by atoms with Gasteiger partial charge in [-0.05, 0) is 24.3 Å². The van der Waals surface area contributed by atoms with Gasteiger partial charge in [-0.25, -0.2) is 0 Å². The minimum atomic E-state index is -0.640. The third-order valence-electron chi connectivity index (χ3n) is 2.59. The first kappa shape index (κ1) is 15.8. The van der Waals surface area contributed by atoms with Crippen molar-refractivity contribution in [3.05, 3.63) is 24.3 Å². The average Bonchev–Trinajstić information content (AvgIpc) is 2.45. The number of aliphatic hydroxyl groups is 1. The van der Waals surface area contributed by atoms with E-state index < -0.39 is 6.10 Å². The number of nitrogens with two attached hydrogens (primary N) is 1. The zero-order valence-electron chi connectivity index (χ0n) is 11.5. The molecule has 1 aromatic carbocycles. The fourth-order valence-electron chi connectivity index (χ4n) is 1.49. The van der Waals surface area contributed by atoms with Crippen molar-refractivity contribution in [2.24, 2.45) is 5.73 Å². The van der Waals surface area contributed by atoms with Crippen LogP contribution in [0.3, 0.4) is 0 Å². The van der Waals surface area contributed by atoms with Crippen LogP contribution in [0.5, 0.6) is 11.5 Å². The molecule has 0 aliphatic heterocycles. The summed E-state index contributed by atoms with van der Waals surface area (Å²) in [5.41, 5.74) is 5.30. The van der Waals surface area contributed by atoms with E-state index >= 15 is 0 Å². The van der Waals surface area contributed by atoms with E-state index in [1.165, 1.54) is 0 Å². The molecule has 108 valence electrons. The van der Waals surface area contributed by atoms with Gasteiger partial charge >= 0.3 is 0 Å². The standard InChI is InChI=1S/C14H23NO4/c1-3-4-14(17-2)19-13-7-5-12(6-8-13)18-10-11(16)9-15/h5-8,11,14,16H,3-4,9-10,15H2,1-2H3. The molecule has 2 unspecified atom stereocenters. The second-order valence-electron chi connectivity index (χ2n) is 4.24. The highest BCUT2D eigenvalue weighted by Gasteiger charge is 2.08. The molecule has 0 amide bonds. The molecule has 1 rings (SSSR count). The number of methoxy groups -OCH3 is 1. The highest BCUT2D eigenvalue weighted by Crippen LogP contribution is 2.20. The number of rotatable bonds is 9. The summed E-state index contributed by atoms with van der Waals surface area (Å²) in [5.74, 6) is 1.40. The Labute approximate surface area is 114 Å². The van der Waals surface area contributed by atoms with Crippen molar-refractivity contribution in [2.75, 3.05) is 20.3 Å². The van der Waals surface area contributed by atoms with Crippen molar-refractivity contribution in [2.45, 2.75) is 32.2 Å². The van der Waals surface area contributed by atoms with Crippen molar-refractivity contribution in [3.8, 4) is 11.5 Å². The molecule has 1 aromatic rings. The fraction of sp³-hybridized carbons (Fsp3) is 0.571. The first-order valence-corrected chi connectivity index (χ1v) is 6.50. The minimum Gasteiger partial charge on any atom is -0.491 e. The molecule has 5 nitrogen and oxygen atoms in total. The van der Waals surface area contributed by atoms with Gasteiger partial charge in [0.2, 0.25) is 0 Å². The van der Waals surface area contributed by atoms with Gasteiger partial charge in [-0.15, -0.1) is 0 Å². The Balaban J connectivity index is 2.46. The number of benzene rings is 1. The molecule has 19 heavy (non-hydrogen) atoms. The van der Waals surface area contributed by atoms with Gasteiger partial charge in [0.15, 0.2) is 6.29 Å². The van der Waals surface area contributed by atoms with Crippen molar-refractivity contribution < 1.29 is 19.3 Å².